The summed E-state index contributed by atoms with van der Waals surface area (Å²) >= 11 is 0. The molecule has 4 N–H and O–H groups in total. The summed E-state index contributed by atoms with van der Waals surface area (Å²) in [4.78, 5) is 11.7. The molecule has 1 fully saturated rings. The molecule has 2 atom stereocenters. The molecule has 0 aliphatic heterocycles. The lowest BCUT2D eigenvalue weighted by atomic mass is 10.1. The van der Waals surface area contributed by atoms with Gasteiger partial charge in [0.15, 0.2) is 0 Å². The molecule has 0 bridgehead atoms. The lowest BCUT2D eigenvalue weighted by molar-refractivity contribution is -0.126. The molecule has 4 heteroatoms. The van der Waals surface area contributed by atoms with Gasteiger partial charge < -0.3 is 16.2 Å². The Morgan fingerprint density at radius 2 is 2.14 bits per heavy atom. The number of carbonyl (C=O) groups is 1. The zero-order valence-corrected chi connectivity index (χ0v) is 8.92. The fraction of sp³-hybridized carbons (Fsp3) is 0.900. The lowest BCUT2D eigenvalue weighted by Gasteiger charge is -2.19. The highest BCUT2D eigenvalue weighted by Crippen LogP contribution is 2.44. The zero-order valence-electron chi connectivity index (χ0n) is 8.92. The molecule has 0 saturated heterocycles. The van der Waals surface area contributed by atoms with E-state index in [1.54, 1.807) is 6.92 Å². The average molecular weight is 200 g/mol. The molecule has 2 unspecified atom stereocenters. The standard InChI is InChI=1S/C10H20N2O2/c1-7(5-8(2)13)12-9(14)10(6-11)3-4-10/h7-8,13H,3-6,11H2,1-2H3,(H,12,14). The molecule has 0 heterocycles. The Morgan fingerprint density at radius 3 is 2.50 bits per heavy atom. The normalized spacial score (nSPS) is 22.6. The molecule has 1 saturated carbocycles. The molecule has 0 aromatic carbocycles. The largest absolute Gasteiger partial charge is 0.393 e. The van der Waals surface area contributed by atoms with Crippen LogP contribution in [0.1, 0.15) is 33.1 Å². The number of carbonyl (C=O) groups excluding carboxylic acids is 1. The quantitative estimate of drug-likeness (QED) is 0.585. The maximum atomic E-state index is 11.7. The third-order valence-electron chi connectivity index (χ3n) is 2.80. The summed E-state index contributed by atoms with van der Waals surface area (Å²) < 4.78 is 0. The highest BCUT2D eigenvalue weighted by atomic mass is 16.3. The summed E-state index contributed by atoms with van der Waals surface area (Å²) in [5, 5.41) is 12.0. The van der Waals surface area contributed by atoms with Crippen LogP contribution < -0.4 is 11.1 Å². The molecular formula is C10H20N2O2. The summed E-state index contributed by atoms with van der Waals surface area (Å²) in [6.45, 7) is 4.05. The fourth-order valence-corrected chi connectivity index (χ4v) is 1.62. The summed E-state index contributed by atoms with van der Waals surface area (Å²) in [5.41, 5.74) is 5.25. The number of amides is 1. The van der Waals surface area contributed by atoms with Gasteiger partial charge in [-0.25, -0.2) is 0 Å². The van der Waals surface area contributed by atoms with E-state index in [1.807, 2.05) is 6.92 Å². The predicted molar refractivity (Wildman–Crippen MR) is 54.6 cm³/mol. The van der Waals surface area contributed by atoms with Crippen LogP contribution in [-0.2, 0) is 4.79 Å². The lowest BCUT2D eigenvalue weighted by Crippen LogP contribution is -2.42. The monoisotopic (exact) mass is 200 g/mol. The van der Waals surface area contributed by atoms with Gasteiger partial charge in [0.05, 0.1) is 11.5 Å². The zero-order chi connectivity index (χ0) is 10.8. The first-order valence-electron chi connectivity index (χ1n) is 5.19. The highest BCUT2D eigenvalue weighted by molar-refractivity contribution is 5.85. The van der Waals surface area contributed by atoms with E-state index in [9.17, 15) is 4.79 Å². The van der Waals surface area contributed by atoms with Gasteiger partial charge in [-0.05, 0) is 33.1 Å². The molecule has 0 aromatic rings. The number of hydrogen-bond donors (Lipinski definition) is 3. The van der Waals surface area contributed by atoms with Crippen LogP contribution in [0.15, 0.2) is 0 Å². The van der Waals surface area contributed by atoms with E-state index in [2.05, 4.69) is 5.32 Å². The number of nitrogens with one attached hydrogen (secondary N) is 1. The molecule has 0 radical (unpaired) electrons. The second-order valence-corrected chi connectivity index (χ2v) is 4.44. The van der Waals surface area contributed by atoms with Gasteiger partial charge in [0.2, 0.25) is 5.91 Å². The smallest absolute Gasteiger partial charge is 0.227 e. The molecule has 0 aromatic heterocycles. The van der Waals surface area contributed by atoms with Crippen LogP contribution in [0.4, 0.5) is 0 Å². The first-order chi connectivity index (χ1) is 6.50. The maximum absolute atomic E-state index is 11.7. The topological polar surface area (TPSA) is 75.3 Å². The van der Waals surface area contributed by atoms with Crippen molar-refractivity contribution < 1.29 is 9.90 Å². The molecule has 1 amide bonds. The van der Waals surface area contributed by atoms with Crippen molar-refractivity contribution in [3.05, 3.63) is 0 Å². The van der Waals surface area contributed by atoms with Crippen LogP contribution in [0.5, 0.6) is 0 Å². The van der Waals surface area contributed by atoms with E-state index in [0.717, 1.165) is 12.8 Å². The van der Waals surface area contributed by atoms with E-state index >= 15 is 0 Å². The van der Waals surface area contributed by atoms with Crippen molar-refractivity contribution in [1.82, 2.24) is 5.32 Å². The minimum atomic E-state index is -0.377. The Morgan fingerprint density at radius 1 is 1.57 bits per heavy atom. The summed E-state index contributed by atoms with van der Waals surface area (Å²) in [6.07, 6.45) is 2.01. The van der Waals surface area contributed by atoms with Crippen LogP contribution in [-0.4, -0.2) is 29.7 Å². The third-order valence-corrected chi connectivity index (χ3v) is 2.80. The molecule has 14 heavy (non-hydrogen) atoms. The summed E-state index contributed by atoms with van der Waals surface area (Å²) in [5.74, 6) is 0.0492. The Labute approximate surface area is 84.9 Å². The molecule has 1 aliphatic carbocycles. The third kappa shape index (κ3) is 2.69. The van der Waals surface area contributed by atoms with Crippen molar-refractivity contribution in [2.24, 2.45) is 11.1 Å². The second kappa shape index (κ2) is 4.28. The van der Waals surface area contributed by atoms with Gasteiger partial charge in [0, 0.05) is 12.6 Å². The van der Waals surface area contributed by atoms with E-state index in [1.165, 1.54) is 0 Å². The Hall–Kier alpha value is -0.610. The van der Waals surface area contributed by atoms with E-state index < -0.39 is 0 Å². The Balaban J connectivity index is 2.33. The minimum absolute atomic E-state index is 0.0199. The molecule has 4 nitrogen and oxygen atoms in total. The average Bonchev–Trinajstić information content (AvgIpc) is 2.82. The number of aliphatic hydroxyl groups excluding tert-OH is 1. The van der Waals surface area contributed by atoms with E-state index in [4.69, 9.17) is 10.8 Å². The number of rotatable bonds is 5. The summed E-state index contributed by atoms with van der Waals surface area (Å²) in [7, 11) is 0. The molecule has 82 valence electrons. The number of nitrogens with two attached hydrogens (primary N) is 1. The number of aliphatic hydroxyl groups is 1. The predicted octanol–water partition coefficient (Wildman–Crippen LogP) is 0.000900. The van der Waals surface area contributed by atoms with Gasteiger partial charge in [0.25, 0.3) is 0 Å². The Bertz CT molecular complexity index is 212. The van der Waals surface area contributed by atoms with Gasteiger partial charge >= 0.3 is 0 Å². The molecule has 0 spiro atoms. The van der Waals surface area contributed by atoms with Crippen LogP contribution >= 0.6 is 0 Å². The van der Waals surface area contributed by atoms with Gasteiger partial charge in [-0.15, -0.1) is 0 Å². The van der Waals surface area contributed by atoms with Crippen LogP contribution in [0.3, 0.4) is 0 Å². The van der Waals surface area contributed by atoms with Crippen molar-refractivity contribution in [2.45, 2.75) is 45.3 Å². The van der Waals surface area contributed by atoms with Crippen molar-refractivity contribution in [2.75, 3.05) is 6.54 Å². The van der Waals surface area contributed by atoms with Crippen LogP contribution in [0, 0.1) is 5.41 Å². The van der Waals surface area contributed by atoms with Crippen molar-refractivity contribution in [3.8, 4) is 0 Å². The fourth-order valence-electron chi connectivity index (χ4n) is 1.62. The summed E-state index contributed by atoms with van der Waals surface area (Å²) in [6, 6.07) is 0.0199. The van der Waals surface area contributed by atoms with Gasteiger partial charge in [-0.1, -0.05) is 0 Å². The maximum Gasteiger partial charge on any atom is 0.227 e. The van der Waals surface area contributed by atoms with Crippen molar-refractivity contribution in [3.63, 3.8) is 0 Å². The van der Waals surface area contributed by atoms with Gasteiger partial charge in [-0.2, -0.15) is 0 Å². The van der Waals surface area contributed by atoms with Crippen LogP contribution in [0.25, 0.3) is 0 Å². The first kappa shape index (κ1) is 11.5. The Kier molecular flexibility index (Phi) is 3.50. The van der Waals surface area contributed by atoms with Crippen molar-refractivity contribution >= 4 is 5.91 Å². The van der Waals surface area contributed by atoms with Gasteiger partial charge in [-0.3, -0.25) is 4.79 Å². The van der Waals surface area contributed by atoms with Gasteiger partial charge in [0.1, 0.15) is 0 Å². The number of hydrogen-bond acceptors (Lipinski definition) is 3. The van der Waals surface area contributed by atoms with Crippen LogP contribution in [0.2, 0.25) is 0 Å². The minimum Gasteiger partial charge on any atom is -0.393 e. The molecule has 1 rings (SSSR count). The first-order valence-corrected chi connectivity index (χ1v) is 5.19. The second-order valence-electron chi connectivity index (χ2n) is 4.44. The van der Waals surface area contributed by atoms with E-state index in [0.29, 0.717) is 13.0 Å². The molecular weight excluding hydrogens is 180 g/mol. The van der Waals surface area contributed by atoms with E-state index in [-0.39, 0.29) is 23.5 Å². The molecule has 1 aliphatic rings. The SMILES string of the molecule is CC(O)CC(C)NC(=O)C1(CN)CC1. The highest BCUT2D eigenvalue weighted by Gasteiger charge is 2.48. The van der Waals surface area contributed by atoms with Crippen molar-refractivity contribution in [1.29, 1.82) is 0 Å².